The van der Waals surface area contributed by atoms with Crippen molar-refractivity contribution in [3.8, 4) is 0 Å². The molecule has 0 saturated carbocycles. The van der Waals surface area contributed by atoms with Gasteiger partial charge in [-0.2, -0.15) is 0 Å². The average Bonchev–Trinajstić information content (AvgIpc) is 3.03. The molecule has 2 rings (SSSR count). The van der Waals surface area contributed by atoms with E-state index in [9.17, 15) is 13.2 Å². The van der Waals surface area contributed by atoms with E-state index < -0.39 is 9.84 Å². The fraction of sp³-hybridized carbons (Fsp3) is 0.562. The van der Waals surface area contributed by atoms with Gasteiger partial charge in [0, 0.05) is 38.4 Å². The number of carbonyl (C=O) groups is 1. The Morgan fingerprint density at radius 3 is 2.57 bits per heavy atom. The summed E-state index contributed by atoms with van der Waals surface area (Å²) in [5.41, 5.74) is 0.867. The van der Waals surface area contributed by atoms with E-state index in [4.69, 9.17) is 4.74 Å². The molecule has 0 spiro atoms. The fourth-order valence-electron chi connectivity index (χ4n) is 2.54. The van der Waals surface area contributed by atoms with Gasteiger partial charge in [-0.3, -0.25) is 0 Å². The first-order valence-electron chi connectivity index (χ1n) is 7.79. The highest BCUT2D eigenvalue weighted by atomic mass is 32.2. The van der Waals surface area contributed by atoms with Crippen molar-refractivity contribution < 1.29 is 17.9 Å². The van der Waals surface area contributed by atoms with Crippen LogP contribution in [0.5, 0.6) is 0 Å². The molecule has 1 aromatic carbocycles. The molecule has 1 fully saturated rings. The summed E-state index contributed by atoms with van der Waals surface area (Å²) in [6.07, 6.45) is 2.17. The molecule has 2 amide bonds. The summed E-state index contributed by atoms with van der Waals surface area (Å²) in [6, 6.07) is 6.45. The number of nitrogens with zero attached hydrogens (tertiary/aromatic N) is 1. The monoisotopic (exact) mass is 340 g/mol. The van der Waals surface area contributed by atoms with Gasteiger partial charge >= 0.3 is 6.03 Å². The Morgan fingerprint density at radius 1 is 1.35 bits per heavy atom. The number of amides is 2. The molecule has 1 aliphatic rings. The van der Waals surface area contributed by atoms with Crippen LogP contribution in [-0.4, -0.2) is 51.9 Å². The van der Waals surface area contributed by atoms with Gasteiger partial charge in [-0.1, -0.05) is 12.1 Å². The third kappa shape index (κ3) is 5.21. The highest BCUT2D eigenvalue weighted by Crippen LogP contribution is 2.14. The van der Waals surface area contributed by atoms with Crippen LogP contribution in [0.25, 0.3) is 0 Å². The molecule has 1 N–H and O–H groups in total. The zero-order valence-corrected chi connectivity index (χ0v) is 14.4. The minimum Gasteiger partial charge on any atom is -0.381 e. The molecule has 0 aliphatic carbocycles. The van der Waals surface area contributed by atoms with E-state index in [1.54, 1.807) is 29.2 Å². The maximum Gasteiger partial charge on any atom is 0.317 e. The summed E-state index contributed by atoms with van der Waals surface area (Å²) in [5.74, 6) is 0.412. The minimum atomic E-state index is -3.19. The lowest BCUT2D eigenvalue weighted by Crippen LogP contribution is -2.42. The van der Waals surface area contributed by atoms with Crippen molar-refractivity contribution in [1.82, 2.24) is 10.2 Å². The van der Waals surface area contributed by atoms with Crippen LogP contribution in [0.4, 0.5) is 4.79 Å². The van der Waals surface area contributed by atoms with Crippen LogP contribution in [0.3, 0.4) is 0 Å². The van der Waals surface area contributed by atoms with Gasteiger partial charge < -0.3 is 15.0 Å². The molecule has 7 heteroatoms. The number of carbonyl (C=O) groups excluding carboxylic acids is 1. The first kappa shape index (κ1) is 17.7. The highest BCUT2D eigenvalue weighted by molar-refractivity contribution is 7.90. The summed E-state index contributed by atoms with van der Waals surface area (Å²) in [6.45, 7) is 5.18. The van der Waals surface area contributed by atoms with Crippen LogP contribution in [-0.2, 0) is 21.1 Å². The van der Waals surface area contributed by atoms with E-state index >= 15 is 0 Å². The lowest BCUT2D eigenvalue weighted by atomic mass is 10.1. The summed E-state index contributed by atoms with van der Waals surface area (Å²) < 4.78 is 28.2. The lowest BCUT2D eigenvalue weighted by Gasteiger charge is -2.24. The Hall–Kier alpha value is -1.60. The summed E-state index contributed by atoms with van der Waals surface area (Å²) in [4.78, 5) is 14.3. The van der Waals surface area contributed by atoms with Crippen LogP contribution in [0.1, 0.15) is 18.9 Å². The predicted molar refractivity (Wildman–Crippen MR) is 88.0 cm³/mol. The number of rotatable bonds is 6. The molecule has 6 nitrogen and oxygen atoms in total. The van der Waals surface area contributed by atoms with E-state index in [0.29, 0.717) is 25.6 Å². The Bertz CT molecular complexity index is 622. The normalized spacial score (nSPS) is 17.9. The maximum atomic E-state index is 12.2. The van der Waals surface area contributed by atoms with E-state index in [1.165, 1.54) is 6.26 Å². The average molecular weight is 340 g/mol. The van der Waals surface area contributed by atoms with Gasteiger partial charge in [-0.05, 0) is 31.0 Å². The first-order valence-corrected chi connectivity index (χ1v) is 9.68. The molecule has 1 saturated heterocycles. The molecular weight excluding hydrogens is 316 g/mol. The molecule has 0 bridgehead atoms. The van der Waals surface area contributed by atoms with Crippen LogP contribution in [0, 0.1) is 5.92 Å². The third-order valence-corrected chi connectivity index (χ3v) is 5.10. The van der Waals surface area contributed by atoms with Crippen molar-refractivity contribution in [3.05, 3.63) is 29.8 Å². The number of nitrogens with one attached hydrogen (secondary N) is 1. The number of sulfone groups is 1. The summed E-state index contributed by atoms with van der Waals surface area (Å²) in [5, 5.41) is 2.88. The Labute approximate surface area is 137 Å². The first-order chi connectivity index (χ1) is 10.9. The molecule has 1 heterocycles. The Balaban J connectivity index is 1.87. The minimum absolute atomic E-state index is 0.105. The Kier molecular flexibility index (Phi) is 6.01. The van der Waals surface area contributed by atoms with Gasteiger partial charge in [-0.25, -0.2) is 13.2 Å². The van der Waals surface area contributed by atoms with Crippen molar-refractivity contribution >= 4 is 15.9 Å². The quantitative estimate of drug-likeness (QED) is 0.854. The molecule has 1 aromatic rings. The van der Waals surface area contributed by atoms with Crippen molar-refractivity contribution in [2.24, 2.45) is 5.92 Å². The Morgan fingerprint density at radius 2 is 2.04 bits per heavy atom. The molecule has 0 aromatic heterocycles. The van der Waals surface area contributed by atoms with Gasteiger partial charge in [0.15, 0.2) is 9.84 Å². The lowest BCUT2D eigenvalue weighted by molar-refractivity contribution is 0.166. The van der Waals surface area contributed by atoms with Crippen molar-refractivity contribution in [3.63, 3.8) is 0 Å². The van der Waals surface area contributed by atoms with Gasteiger partial charge in [0.1, 0.15) is 0 Å². The van der Waals surface area contributed by atoms with Crippen LogP contribution >= 0.6 is 0 Å². The second kappa shape index (κ2) is 7.79. The maximum absolute atomic E-state index is 12.2. The number of benzene rings is 1. The standard InChI is InChI=1S/C16H24N2O4S/c1-3-18(11-14-8-9-22-12-14)16(19)17-10-13-4-6-15(7-5-13)23(2,20)21/h4-7,14H,3,8-12H2,1-2H3,(H,17,19)/t14-/m0/s1. The smallest absolute Gasteiger partial charge is 0.317 e. The number of hydrogen-bond donors (Lipinski definition) is 1. The van der Waals surface area contributed by atoms with E-state index in [-0.39, 0.29) is 10.9 Å². The van der Waals surface area contributed by atoms with Gasteiger partial charge in [-0.15, -0.1) is 0 Å². The number of ether oxygens (including phenoxy) is 1. The van der Waals surface area contributed by atoms with Crippen LogP contribution < -0.4 is 5.32 Å². The molecule has 1 aliphatic heterocycles. The fourth-order valence-corrected chi connectivity index (χ4v) is 3.17. The number of hydrogen-bond acceptors (Lipinski definition) is 4. The molecule has 128 valence electrons. The molecule has 0 unspecified atom stereocenters. The van der Waals surface area contributed by atoms with E-state index in [2.05, 4.69) is 5.32 Å². The van der Waals surface area contributed by atoms with E-state index in [1.807, 2.05) is 6.92 Å². The molecule has 0 radical (unpaired) electrons. The SMILES string of the molecule is CCN(C[C@@H]1CCOC1)C(=O)NCc1ccc(S(C)(=O)=O)cc1. The van der Waals surface area contributed by atoms with E-state index in [0.717, 1.165) is 25.2 Å². The van der Waals surface area contributed by atoms with Gasteiger partial charge in [0.2, 0.25) is 0 Å². The van der Waals surface area contributed by atoms with Gasteiger partial charge in [0.05, 0.1) is 11.5 Å². The zero-order valence-electron chi connectivity index (χ0n) is 13.6. The molecule has 23 heavy (non-hydrogen) atoms. The highest BCUT2D eigenvalue weighted by Gasteiger charge is 2.21. The predicted octanol–water partition coefficient (Wildman–Crippen LogP) is 1.66. The summed E-state index contributed by atoms with van der Waals surface area (Å²) in [7, 11) is -3.19. The second-order valence-corrected chi connectivity index (χ2v) is 7.86. The molecular formula is C16H24N2O4S. The summed E-state index contributed by atoms with van der Waals surface area (Å²) >= 11 is 0. The third-order valence-electron chi connectivity index (χ3n) is 3.97. The second-order valence-electron chi connectivity index (χ2n) is 5.84. The topological polar surface area (TPSA) is 75.7 Å². The number of urea groups is 1. The van der Waals surface area contributed by atoms with Crippen molar-refractivity contribution in [2.45, 2.75) is 24.8 Å². The molecule has 1 atom stereocenters. The van der Waals surface area contributed by atoms with Crippen LogP contribution in [0.15, 0.2) is 29.2 Å². The van der Waals surface area contributed by atoms with Crippen molar-refractivity contribution in [2.75, 3.05) is 32.6 Å². The van der Waals surface area contributed by atoms with Crippen molar-refractivity contribution in [1.29, 1.82) is 0 Å². The zero-order chi connectivity index (χ0) is 16.9. The largest absolute Gasteiger partial charge is 0.381 e. The van der Waals surface area contributed by atoms with Crippen LogP contribution in [0.2, 0.25) is 0 Å². The van der Waals surface area contributed by atoms with Gasteiger partial charge in [0.25, 0.3) is 0 Å².